The van der Waals surface area contributed by atoms with Crippen molar-refractivity contribution in [2.24, 2.45) is 0 Å². The molecule has 0 atom stereocenters. The van der Waals surface area contributed by atoms with Gasteiger partial charge in [0.25, 0.3) is 0 Å². The first-order chi connectivity index (χ1) is 10.2. The van der Waals surface area contributed by atoms with Crippen molar-refractivity contribution >= 4 is 0 Å². The summed E-state index contributed by atoms with van der Waals surface area (Å²) in [5.74, 6) is 0.831. The monoisotopic (exact) mass is 279 g/mol. The number of rotatable bonds is 3. The lowest BCUT2D eigenvalue weighted by molar-refractivity contribution is 0.414. The lowest BCUT2D eigenvalue weighted by atomic mass is 10.0. The highest BCUT2D eigenvalue weighted by Gasteiger charge is 2.16. The molecule has 4 nitrogen and oxygen atoms in total. The molecule has 0 radical (unpaired) electrons. The third-order valence-corrected chi connectivity index (χ3v) is 3.43. The zero-order valence-electron chi connectivity index (χ0n) is 12.3. The van der Waals surface area contributed by atoms with Gasteiger partial charge in [-0.3, -0.25) is 10.1 Å². The van der Waals surface area contributed by atoms with E-state index >= 15 is 0 Å². The van der Waals surface area contributed by atoms with Crippen LogP contribution >= 0.6 is 0 Å². The fourth-order valence-electron chi connectivity index (χ4n) is 2.46. The number of ether oxygens (including phenoxy) is 1. The molecule has 3 rings (SSSR count). The predicted molar refractivity (Wildman–Crippen MR) is 83.3 cm³/mol. The van der Waals surface area contributed by atoms with Gasteiger partial charge in [0.2, 0.25) is 0 Å². The summed E-state index contributed by atoms with van der Waals surface area (Å²) in [4.78, 5) is 4.44. The zero-order valence-corrected chi connectivity index (χ0v) is 12.3. The summed E-state index contributed by atoms with van der Waals surface area (Å²) in [5, 5.41) is 7.52. The maximum Gasteiger partial charge on any atom is 0.119 e. The molecule has 0 saturated heterocycles. The largest absolute Gasteiger partial charge is 0.497 e. The fourth-order valence-corrected chi connectivity index (χ4v) is 2.46. The third-order valence-electron chi connectivity index (χ3n) is 3.43. The number of aryl methyl sites for hydroxylation is 2. The van der Waals surface area contributed by atoms with Crippen molar-refractivity contribution < 1.29 is 4.74 Å². The van der Waals surface area contributed by atoms with E-state index in [1.165, 1.54) is 0 Å². The second-order valence-electron chi connectivity index (χ2n) is 5.03. The van der Waals surface area contributed by atoms with Crippen molar-refractivity contribution in [1.82, 2.24) is 15.2 Å². The molecule has 0 aliphatic heterocycles. The van der Waals surface area contributed by atoms with Gasteiger partial charge < -0.3 is 4.74 Å². The molecule has 0 saturated carbocycles. The Kier molecular flexibility index (Phi) is 3.44. The van der Waals surface area contributed by atoms with E-state index in [-0.39, 0.29) is 0 Å². The van der Waals surface area contributed by atoms with E-state index in [0.29, 0.717) is 0 Å². The number of aromatic nitrogens is 3. The highest BCUT2D eigenvalue weighted by atomic mass is 16.5. The molecule has 0 aliphatic rings. The van der Waals surface area contributed by atoms with Crippen molar-refractivity contribution in [2.45, 2.75) is 13.8 Å². The summed E-state index contributed by atoms with van der Waals surface area (Å²) < 4.78 is 5.36. The molecule has 0 amide bonds. The maximum absolute atomic E-state index is 5.36. The Morgan fingerprint density at radius 1 is 1.10 bits per heavy atom. The molecule has 0 aliphatic carbocycles. The van der Waals surface area contributed by atoms with Gasteiger partial charge in [-0.1, -0.05) is 6.07 Å². The molecule has 106 valence electrons. The van der Waals surface area contributed by atoms with Gasteiger partial charge in [-0.15, -0.1) is 0 Å². The third kappa shape index (κ3) is 2.52. The van der Waals surface area contributed by atoms with Crippen LogP contribution in [0.25, 0.3) is 22.5 Å². The Bertz CT molecular complexity index is 763. The van der Waals surface area contributed by atoms with E-state index in [9.17, 15) is 0 Å². The van der Waals surface area contributed by atoms with Crippen LogP contribution in [0.2, 0.25) is 0 Å². The molecule has 2 aromatic heterocycles. The van der Waals surface area contributed by atoms with Crippen LogP contribution in [0.1, 0.15) is 11.3 Å². The van der Waals surface area contributed by atoms with Gasteiger partial charge in [-0.05, 0) is 49.7 Å². The zero-order chi connectivity index (χ0) is 14.8. The fraction of sp³-hybridized carbons (Fsp3) is 0.176. The van der Waals surface area contributed by atoms with E-state index in [0.717, 1.165) is 39.5 Å². The number of benzene rings is 1. The predicted octanol–water partition coefficient (Wildman–Crippen LogP) is 3.76. The number of aromatic amines is 1. The van der Waals surface area contributed by atoms with E-state index < -0.39 is 0 Å². The van der Waals surface area contributed by atoms with Crippen LogP contribution in [0.3, 0.4) is 0 Å². The number of hydrogen-bond donors (Lipinski definition) is 1. The summed E-state index contributed by atoms with van der Waals surface area (Å²) >= 11 is 0. The lowest BCUT2D eigenvalue weighted by Crippen LogP contribution is -1.90. The summed E-state index contributed by atoms with van der Waals surface area (Å²) in [5.41, 5.74) is 6.01. The van der Waals surface area contributed by atoms with Gasteiger partial charge in [0.1, 0.15) is 11.4 Å². The van der Waals surface area contributed by atoms with Crippen LogP contribution in [0.5, 0.6) is 5.75 Å². The highest BCUT2D eigenvalue weighted by Crippen LogP contribution is 2.33. The number of pyridine rings is 1. The molecule has 0 unspecified atom stereocenters. The molecule has 2 heterocycles. The van der Waals surface area contributed by atoms with Crippen molar-refractivity contribution in [3.63, 3.8) is 0 Å². The first-order valence-corrected chi connectivity index (χ1v) is 6.81. The lowest BCUT2D eigenvalue weighted by Gasteiger charge is -2.07. The number of nitrogens with one attached hydrogen (secondary N) is 1. The van der Waals surface area contributed by atoms with Gasteiger partial charge >= 0.3 is 0 Å². The summed E-state index contributed by atoms with van der Waals surface area (Å²) in [6, 6.07) is 12.0. The highest BCUT2D eigenvalue weighted by molar-refractivity contribution is 5.81. The van der Waals surface area contributed by atoms with Crippen LogP contribution in [0, 0.1) is 13.8 Å². The minimum atomic E-state index is 0.831. The van der Waals surface area contributed by atoms with Crippen molar-refractivity contribution in [1.29, 1.82) is 0 Å². The second-order valence-corrected chi connectivity index (χ2v) is 5.03. The molecule has 3 aromatic rings. The Hall–Kier alpha value is -2.62. The smallest absolute Gasteiger partial charge is 0.119 e. The number of hydrogen-bond acceptors (Lipinski definition) is 3. The number of nitrogens with zero attached hydrogens (tertiary/aromatic N) is 2. The summed E-state index contributed by atoms with van der Waals surface area (Å²) in [6.07, 6.45) is 1.79. The number of H-pyrrole nitrogens is 1. The topological polar surface area (TPSA) is 50.8 Å². The molecule has 0 spiro atoms. The second kappa shape index (κ2) is 5.40. The molecular weight excluding hydrogens is 262 g/mol. The SMILES string of the molecule is COc1cc(C)cc(-c2n[nH]c(C)c2-c2ccccn2)c1. The Morgan fingerprint density at radius 2 is 1.95 bits per heavy atom. The molecule has 1 N–H and O–H groups in total. The van der Waals surface area contributed by atoms with E-state index in [1.807, 2.05) is 44.2 Å². The quantitative estimate of drug-likeness (QED) is 0.794. The minimum absolute atomic E-state index is 0.831. The molecule has 21 heavy (non-hydrogen) atoms. The summed E-state index contributed by atoms with van der Waals surface area (Å²) in [6.45, 7) is 4.06. The van der Waals surface area contributed by atoms with Gasteiger partial charge in [-0.25, -0.2) is 0 Å². The van der Waals surface area contributed by atoms with Crippen molar-refractivity contribution in [3.05, 3.63) is 53.9 Å². The number of methoxy groups -OCH3 is 1. The van der Waals surface area contributed by atoms with Crippen molar-refractivity contribution in [2.75, 3.05) is 7.11 Å². The van der Waals surface area contributed by atoms with Gasteiger partial charge in [0.05, 0.1) is 12.8 Å². The van der Waals surface area contributed by atoms with Crippen LogP contribution in [-0.2, 0) is 0 Å². The molecule has 0 fully saturated rings. The van der Waals surface area contributed by atoms with Gasteiger partial charge in [0.15, 0.2) is 0 Å². The van der Waals surface area contributed by atoms with E-state index in [4.69, 9.17) is 4.74 Å². The standard InChI is InChI=1S/C17H17N3O/c1-11-8-13(10-14(9-11)21-3)17-16(12(2)19-20-17)15-6-4-5-7-18-15/h4-10H,1-3H3,(H,19,20). The van der Waals surface area contributed by atoms with Crippen LogP contribution in [0.4, 0.5) is 0 Å². The first-order valence-electron chi connectivity index (χ1n) is 6.81. The van der Waals surface area contributed by atoms with E-state index in [1.54, 1.807) is 13.3 Å². The molecular formula is C17H17N3O. The van der Waals surface area contributed by atoms with Gasteiger partial charge in [0, 0.05) is 23.0 Å². The average molecular weight is 279 g/mol. The maximum atomic E-state index is 5.36. The van der Waals surface area contributed by atoms with Crippen LogP contribution < -0.4 is 4.74 Å². The Labute approximate surface area is 123 Å². The minimum Gasteiger partial charge on any atom is -0.497 e. The van der Waals surface area contributed by atoms with Crippen molar-refractivity contribution in [3.8, 4) is 28.3 Å². The molecule has 4 heteroatoms. The Balaban J connectivity index is 2.19. The molecule has 0 bridgehead atoms. The molecule has 1 aromatic carbocycles. The Morgan fingerprint density at radius 3 is 2.67 bits per heavy atom. The summed E-state index contributed by atoms with van der Waals surface area (Å²) in [7, 11) is 1.67. The first kappa shape index (κ1) is 13.4. The van der Waals surface area contributed by atoms with E-state index in [2.05, 4.69) is 21.2 Å². The average Bonchev–Trinajstić information content (AvgIpc) is 2.89. The van der Waals surface area contributed by atoms with Crippen LogP contribution in [-0.4, -0.2) is 22.3 Å². The normalized spacial score (nSPS) is 10.6. The van der Waals surface area contributed by atoms with Gasteiger partial charge in [-0.2, -0.15) is 5.10 Å². The van der Waals surface area contributed by atoms with Crippen LogP contribution in [0.15, 0.2) is 42.6 Å².